The van der Waals surface area contributed by atoms with Crippen LogP contribution in [0.15, 0.2) is 43.0 Å². The second-order valence-electron chi connectivity index (χ2n) is 3.18. The number of rotatable bonds is 6. The van der Waals surface area contributed by atoms with Gasteiger partial charge in [0.25, 0.3) is 0 Å². The van der Waals surface area contributed by atoms with Crippen molar-refractivity contribution in [3.8, 4) is 5.75 Å². The van der Waals surface area contributed by atoms with E-state index in [1.807, 2.05) is 0 Å². The van der Waals surface area contributed by atoms with Crippen LogP contribution in [-0.4, -0.2) is 20.8 Å². The van der Waals surface area contributed by atoms with Crippen LogP contribution in [0, 0.1) is 0 Å². The van der Waals surface area contributed by atoms with Gasteiger partial charge in [-0.3, -0.25) is 4.55 Å². The highest BCUT2D eigenvalue weighted by Crippen LogP contribution is 2.10. The number of esters is 1. The van der Waals surface area contributed by atoms with Crippen LogP contribution in [0.3, 0.4) is 0 Å². The lowest BCUT2D eigenvalue weighted by Gasteiger charge is -2.13. The number of carbonyl (C=O) groups excluding carboxylic acids is 1. The molecular weight excluding hydrogens is 242 g/mol. The Hall–Kier alpha value is -1.50. The molecule has 0 saturated heterocycles. The monoisotopic (exact) mass is 255 g/mol. The first-order chi connectivity index (χ1) is 8.13. The molecular formula is C11H13NO4S. The zero-order valence-electron chi connectivity index (χ0n) is 9.04. The van der Waals surface area contributed by atoms with Gasteiger partial charge in [-0.2, -0.15) is 4.72 Å². The van der Waals surface area contributed by atoms with Crippen molar-refractivity contribution in [1.29, 1.82) is 0 Å². The van der Waals surface area contributed by atoms with E-state index in [1.165, 1.54) is 6.08 Å². The van der Waals surface area contributed by atoms with E-state index in [2.05, 4.69) is 11.3 Å². The normalized spacial score (nSPS) is 13.7. The van der Waals surface area contributed by atoms with Gasteiger partial charge in [-0.15, -0.1) is 6.58 Å². The number of ether oxygens (including phenoxy) is 1. The molecule has 1 aromatic carbocycles. The van der Waals surface area contributed by atoms with Gasteiger partial charge in [0.2, 0.25) is 11.3 Å². The molecule has 0 aliphatic carbocycles. The molecule has 0 aromatic heterocycles. The lowest BCUT2D eigenvalue weighted by molar-refractivity contribution is -0.136. The van der Waals surface area contributed by atoms with E-state index in [-0.39, 0.29) is 6.42 Å². The molecule has 0 bridgehead atoms. The van der Waals surface area contributed by atoms with Crippen molar-refractivity contribution in [2.45, 2.75) is 12.5 Å². The Balaban J connectivity index is 2.65. The smallest absolute Gasteiger partial charge is 0.329 e. The second kappa shape index (κ2) is 6.95. The zero-order valence-corrected chi connectivity index (χ0v) is 9.85. The molecule has 1 aromatic rings. The third kappa shape index (κ3) is 4.90. The Morgan fingerprint density at radius 3 is 2.71 bits per heavy atom. The Morgan fingerprint density at radius 2 is 2.18 bits per heavy atom. The minimum absolute atomic E-state index is 0.206. The fraction of sp³-hybridized carbons (Fsp3) is 0.182. The maximum absolute atomic E-state index is 11.7. The SMILES string of the molecule is C=CCC(NS(=O)O)C(=O)Oc1ccccc1. The van der Waals surface area contributed by atoms with Crippen LogP contribution < -0.4 is 9.46 Å². The largest absolute Gasteiger partial charge is 0.425 e. The number of para-hydroxylation sites is 1. The summed E-state index contributed by atoms with van der Waals surface area (Å²) in [6.45, 7) is 3.47. The van der Waals surface area contributed by atoms with Crippen LogP contribution in [-0.2, 0) is 16.1 Å². The molecule has 0 amide bonds. The number of hydrogen-bond donors (Lipinski definition) is 2. The lowest BCUT2D eigenvalue weighted by Crippen LogP contribution is -2.39. The molecule has 92 valence electrons. The van der Waals surface area contributed by atoms with Crippen LogP contribution >= 0.6 is 0 Å². The first-order valence-electron chi connectivity index (χ1n) is 4.88. The second-order valence-corrected chi connectivity index (χ2v) is 3.91. The van der Waals surface area contributed by atoms with Crippen molar-refractivity contribution in [3.63, 3.8) is 0 Å². The van der Waals surface area contributed by atoms with Crippen molar-refractivity contribution in [1.82, 2.24) is 4.72 Å². The van der Waals surface area contributed by atoms with Crippen LogP contribution in [0.1, 0.15) is 6.42 Å². The standard InChI is InChI=1S/C11H13NO4S/c1-2-6-10(12-17(14)15)11(13)16-9-7-4-3-5-8-9/h2-5,7-8,10,12H,1,6H2,(H,14,15). The van der Waals surface area contributed by atoms with Crippen molar-refractivity contribution in [2.24, 2.45) is 0 Å². The van der Waals surface area contributed by atoms with Gasteiger partial charge in [-0.05, 0) is 18.6 Å². The minimum Gasteiger partial charge on any atom is -0.425 e. The predicted octanol–water partition coefficient (Wildman–Crippen LogP) is 1.26. The van der Waals surface area contributed by atoms with E-state index in [0.29, 0.717) is 5.75 Å². The Morgan fingerprint density at radius 1 is 1.53 bits per heavy atom. The highest BCUT2D eigenvalue weighted by molar-refractivity contribution is 7.77. The van der Waals surface area contributed by atoms with Gasteiger partial charge in [0, 0.05) is 0 Å². The van der Waals surface area contributed by atoms with E-state index in [1.54, 1.807) is 30.3 Å². The van der Waals surface area contributed by atoms with Crippen molar-refractivity contribution >= 4 is 17.2 Å². The summed E-state index contributed by atoms with van der Waals surface area (Å²) in [5, 5.41) is 0. The summed E-state index contributed by atoms with van der Waals surface area (Å²) in [5.41, 5.74) is 0. The summed E-state index contributed by atoms with van der Waals surface area (Å²) < 4.78 is 26.5. The van der Waals surface area contributed by atoms with Crippen molar-refractivity contribution in [2.75, 3.05) is 0 Å². The maximum atomic E-state index is 11.7. The fourth-order valence-electron chi connectivity index (χ4n) is 1.16. The number of nitrogens with one attached hydrogen (secondary N) is 1. The topological polar surface area (TPSA) is 75.6 Å². The molecule has 5 nitrogen and oxygen atoms in total. The molecule has 0 fully saturated rings. The van der Waals surface area contributed by atoms with E-state index < -0.39 is 23.3 Å². The number of benzene rings is 1. The summed E-state index contributed by atoms with van der Waals surface area (Å²) in [6, 6.07) is 7.60. The average molecular weight is 255 g/mol. The molecule has 1 rings (SSSR count). The molecule has 2 unspecified atom stereocenters. The first-order valence-corrected chi connectivity index (χ1v) is 5.99. The number of carbonyl (C=O) groups is 1. The van der Waals surface area contributed by atoms with E-state index in [4.69, 9.17) is 9.29 Å². The summed E-state index contributed by atoms with van der Waals surface area (Å²) in [7, 11) is 0. The molecule has 0 aliphatic rings. The van der Waals surface area contributed by atoms with E-state index >= 15 is 0 Å². The Bertz CT molecular complexity index is 407. The highest BCUT2D eigenvalue weighted by atomic mass is 32.2. The van der Waals surface area contributed by atoms with Gasteiger partial charge in [0.1, 0.15) is 11.8 Å². The maximum Gasteiger partial charge on any atom is 0.329 e. The predicted molar refractivity (Wildman–Crippen MR) is 64.6 cm³/mol. The zero-order chi connectivity index (χ0) is 12.7. The van der Waals surface area contributed by atoms with Crippen molar-refractivity contribution in [3.05, 3.63) is 43.0 Å². The van der Waals surface area contributed by atoms with Gasteiger partial charge >= 0.3 is 5.97 Å². The molecule has 0 spiro atoms. The molecule has 2 atom stereocenters. The summed E-state index contributed by atoms with van der Waals surface area (Å²) >= 11 is -2.27. The van der Waals surface area contributed by atoms with Gasteiger partial charge in [-0.1, -0.05) is 24.3 Å². The number of hydrogen-bond acceptors (Lipinski definition) is 3. The molecule has 0 saturated carbocycles. The fourth-order valence-corrected chi connectivity index (χ4v) is 1.59. The molecule has 2 N–H and O–H groups in total. The average Bonchev–Trinajstić information content (AvgIpc) is 2.29. The molecule has 6 heteroatoms. The quantitative estimate of drug-likeness (QED) is 0.347. The van der Waals surface area contributed by atoms with E-state index in [9.17, 15) is 9.00 Å². The highest BCUT2D eigenvalue weighted by Gasteiger charge is 2.20. The van der Waals surface area contributed by atoms with Gasteiger partial charge < -0.3 is 4.74 Å². The molecule has 0 heterocycles. The van der Waals surface area contributed by atoms with Crippen LogP contribution in [0.4, 0.5) is 0 Å². The van der Waals surface area contributed by atoms with Crippen LogP contribution in [0.5, 0.6) is 5.75 Å². The summed E-state index contributed by atoms with van der Waals surface area (Å²) in [4.78, 5) is 11.7. The molecule has 0 aliphatic heterocycles. The first kappa shape index (κ1) is 13.6. The molecule has 17 heavy (non-hydrogen) atoms. The third-order valence-corrected chi connectivity index (χ3v) is 2.38. The summed E-state index contributed by atoms with van der Waals surface area (Å²) in [6.07, 6.45) is 1.68. The lowest BCUT2D eigenvalue weighted by atomic mass is 10.2. The molecule has 0 radical (unpaired) electrons. The van der Waals surface area contributed by atoms with Crippen molar-refractivity contribution < 1.29 is 18.3 Å². The Kier molecular flexibility index (Phi) is 5.55. The van der Waals surface area contributed by atoms with Gasteiger partial charge in [-0.25, -0.2) is 9.00 Å². The Labute approximate surface area is 102 Å². The van der Waals surface area contributed by atoms with Gasteiger partial charge in [0.05, 0.1) is 0 Å². The van der Waals surface area contributed by atoms with Gasteiger partial charge in [0.15, 0.2) is 0 Å². The third-order valence-electron chi connectivity index (χ3n) is 1.89. The van der Waals surface area contributed by atoms with E-state index in [0.717, 1.165) is 0 Å². The van der Waals surface area contributed by atoms with Crippen LogP contribution in [0.25, 0.3) is 0 Å². The summed E-state index contributed by atoms with van der Waals surface area (Å²) in [5.74, 6) is -0.240. The minimum atomic E-state index is -2.27. The van der Waals surface area contributed by atoms with Crippen LogP contribution in [0.2, 0.25) is 0 Å².